The number of fused-ring (bicyclic) bond motifs is 1. The standard InChI is InChI=1S/C45H51N7O9S/c1-29(2)35-6-3-4-7-36(35)38-8-5-17-51(38)31-24-45(25-31)14-18-50(19-15-45)41-12-10-37(44(48-41)61-32-22-30-13-16-46-42(30)47-26-32)43(53)49-62(56,57)34-9-11-40(39(23-34)52(54)55)60-28-33-27-58-20-21-59-33/h3-4,6-7,9-13,16,22-23,26,29,31,33,38H,5,8,14-15,17-21,24-25,27-28H2,1-2H3,(H,46,47)(H,49,53). The number of anilines is 1. The number of rotatable bonds is 13. The first kappa shape index (κ1) is 41.7. The molecule has 326 valence electrons. The molecule has 9 rings (SSSR count). The molecule has 1 saturated carbocycles. The summed E-state index contributed by atoms with van der Waals surface area (Å²) in [4.78, 5) is 41.8. The summed E-state index contributed by atoms with van der Waals surface area (Å²) in [7, 11) is -4.62. The summed E-state index contributed by atoms with van der Waals surface area (Å²) in [6.07, 6.45) is 9.59. The number of piperidine rings is 1. The van der Waals surface area contributed by atoms with Crippen LogP contribution in [0.2, 0.25) is 0 Å². The van der Waals surface area contributed by atoms with Crippen molar-refractivity contribution in [2.75, 3.05) is 51.0 Å². The van der Waals surface area contributed by atoms with E-state index in [0.29, 0.717) is 48.4 Å². The van der Waals surface area contributed by atoms with Crippen LogP contribution in [0.1, 0.15) is 85.8 Å². The third-order valence-corrected chi connectivity index (χ3v) is 14.2. The normalized spacial score (nSPS) is 20.7. The van der Waals surface area contributed by atoms with Crippen LogP contribution in [0.5, 0.6) is 17.4 Å². The van der Waals surface area contributed by atoms with Gasteiger partial charge in [0.2, 0.25) is 5.88 Å². The Kier molecular flexibility index (Phi) is 11.6. The van der Waals surface area contributed by atoms with Gasteiger partial charge in [0, 0.05) is 42.8 Å². The maximum absolute atomic E-state index is 13.9. The Morgan fingerprint density at radius 1 is 1.06 bits per heavy atom. The minimum Gasteiger partial charge on any atom is -0.484 e. The molecular weight excluding hydrogens is 815 g/mol. The van der Waals surface area contributed by atoms with E-state index in [1.807, 2.05) is 6.07 Å². The first-order valence-electron chi connectivity index (χ1n) is 21.3. The van der Waals surface area contributed by atoms with Crippen LogP contribution in [-0.4, -0.2) is 97.3 Å². The third-order valence-electron chi connectivity index (χ3n) is 12.9. The van der Waals surface area contributed by atoms with Crippen LogP contribution in [0.4, 0.5) is 11.5 Å². The van der Waals surface area contributed by atoms with Crippen LogP contribution in [0, 0.1) is 15.5 Å². The number of carbonyl (C=O) groups excluding carboxylic acids is 1. The average molecular weight is 866 g/mol. The molecule has 17 heteroatoms. The van der Waals surface area contributed by atoms with E-state index in [4.69, 9.17) is 23.9 Å². The molecular formula is C45H51N7O9S. The number of nitro benzene ring substituents is 1. The van der Waals surface area contributed by atoms with E-state index in [2.05, 4.69) is 62.6 Å². The molecule has 3 aliphatic heterocycles. The number of amides is 1. The lowest BCUT2D eigenvalue weighted by Crippen LogP contribution is -2.55. The van der Waals surface area contributed by atoms with Crippen molar-refractivity contribution in [3.8, 4) is 17.4 Å². The summed E-state index contributed by atoms with van der Waals surface area (Å²) in [5.41, 5.74) is 3.12. The summed E-state index contributed by atoms with van der Waals surface area (Å²) in [5.74, 6) is 0.0942. The zero-order valence-corrected chi connectivity index (χ0v) is 35.6. The number of nitrogens with zero attached hydrogens (tertiary/aromatic N) is 5. The molecule has 1 spiro atoms. The van der Waals surface area contributed by atoms with Crippen LogP contribution >= 0.6 is 0 Å². The second-order valence-corrected chi connectivity index (χ2v) is 18.8. The van der Waals surface area contributed by atoms with Gasteiger partial charge in [-0.25, -0.2) is 18.1 Å². The molecule has 4 fully saturated rings. The van der Waals surface area contributed by atoms with E-state index < -0.39 is 37.5 Å². The molecule has 2 aromatic carbocycles. The predicted octanol–water partition coefficient (Wildman–Crippen LogP) is 7.28. The van der Waals surface area contributed by atoms with E-state index >= 15 is 0 Å². The number of likely N-dealkylation sites (tertiary alicyclic amines) is 1. The Morgan fingerprint density at radius 2 is 1.89 bits per heavy atom. The Hall–Kier alpha value is -5.62. The summed E-state index contributed by atoms with van der Waals surface area (Å²) in [6.45, 7) is 8.28. The molecule has 2 N–H and O–H groups in total. The quantitative estimate of drug-likeness (QED) is 0.0888. The number of sulfonamides is 1. The summed E-state index contributed by atoms with van der Waals surface area (Å²) in [5, 5.41) is 12.8. The van der Waals surface area contributed by atoms with Gasteiger partial charge in [-0.3, -0.25) is 19.8 Å². The van der Waals surface area contributed by atoms with Crippen molar-refractivity contribution in [2.45, 2.75) is 81.4 Å². The molecule has 4 aliphatic rings. The van der Waals surface area contributed by atoms with Crippen molar-refractivity contribution in [3.05, 3.63) is 106 Å². The molecule has 2 unspecified atom stereocenters. The molecule has 62 heavy (non-hydrogen) atoms. The second-order valence-electron chi connectivity index (χ2n) is 17.1. The van der Waals surface area contributed by atoms with E-state index in [0.717, 1.165) is 50.0 Å². The fraction of sp³-hybridized carbons (Fsp3) is 0.444. The number of benzene rings is 2. The van der Waals surface area contributed by atoms with Crippen molar-refractivity contribution < 1.29 is 37.1 Å². The van der Waals surface area contributed by atoms with Crippen LogP contribution in [0.3, 0.4) is 0 Å². The molecule has 0 radical (unpaired) electrons. The summed E-state index contributed by atoms with van der Waals surface area (Å²) < 4.78 is 52.0. The number of hydrogen-bond donors (Lipinski definition) is 2. The molecule has 0 bridgehead atoms. The number of ether oxygens (including phenoxy) is 4. The van der Waals surface area contributed by atoms with Crippen molar-refractivity contribution in [1.82, 2.24) is 24.6 Å². The predicted molar refractivity (Wildman–Crippen MR) is 230 cm³/mol. The third kappa shape index (κ3) is 8.58. The Balaban J connectivity index is 0.903. The van der Waals surface area contributed by atoms with Gasteiger partial charge >= 0.3 is 5.69 Å². The molecule has 2 atom stereocenters. The van der Waals surface area contributed by atoms with Crippen molar-refractivity contribution in [2.24, 2.45) is 5.41 Å². The van der Waals surface area contributed by atoms with Crippen molar-refractivity contribution in [1.29, 1.82) is 0 Å². The van der Waals surface area contributed by atoms with Gasteiger partial charge in [-0.2, -0.15) is 4.98 Å². The molecule has 5 aromatic rings. The van der Waals surface area contributed by atoms with Gasteiger partial charge in [0.25, 0.3) is 15.9 Å². The topological polar surface area (TPSA) is 191 Å². The highest BCUT2D eigenvalue weighted by atomic mass is 32.2. The Morgan fingerprint density at radius 3 is 2.66 bits per heavy atom. The lowest BCUT2D eigenvalue weighted by molar-refractivity contribution is -0.386. The van der Waals surface area contributed by atoms with Gasteiger partial charge < -0.3 is 28.8 Å². The fourth-order valence-corrected chi connectivity index (χ4v) is 10.6. The lowest BCUT2D eigenvalue weighted by atomic mass is 9.60. The smallest absolute Gasteiger partial charge is 0.312 e. The van der Waals surface area contributed by atoms with Gasteiger partial charge in [-0.1, -0.05) is 38.1 Å². The van der Waals surface area contributed by atoms with Gasteiger partial charge in [-0.05, 0) is 104 Å². The van der Waals surface area contributed by atoms with E-state index in [9.17, 15) is 23.3 Å². The van der Waals surface area contributed by atoms with Crippen molar-refractivity contribution >= 4 is 38.5 Å². The molecule has 3 saturated heterocycles. The maximum atomic E-state index is 13.9. The molecule has 1 amide bonds. The van der Waals surface area contributed by atoms with E-state index in [1.54, 1.807) is 18.3 Å². The SMILES string of the molecule is CC(C)c1ccccc1C1CCCN1C1CC2(CCN(c3ccc(C(=O)NS(=O)(=O)c4ccc(OCC5COCCO5)c([N+](=O)[O-])c4)c(Oc4cnc5[nH]ccc5c4)n3)CC2)C1. The fourth-order valence-electron chi connectivity index (χ4n) is 9.62. The van der Waals surface area contributed by atoms with E-state index in [-0.39, 0.29) is 35.8 Å². The highest BCUT2D eigenvalue weighted by molar-refractivity contribution is 7.90. The van der Waals surface area contributed by atoms with E-state index in [1.165, 1.54) is 55.1 Å². The average Bonchev–Trinajstić information content (AvgIpc) is 3.95. The van der Waals surface area contributed by atoms with Crippen LogP contribution in [0.25, 0.3) is 11.0 Å². The van der Waals surface area contributed by atoms with Crippen LogP contribution in [0.15, 0.2) is 84.0 Å². The molecule has 16 nitrogen and oxygen atoms in total. The van der Waals surface area contributed by atoms with Crippen LogP contribution in [-0.2, 0) is 19.5 Å². The number of hydrogen-bond acceptors (Lipinski definition) is 13. The number of nitro groups is 1. The number of nitrogens with one attached hydrogen (secondary N) is 2. The van der Waals surface area contributed by atoms with Gasteiger partial charge in [0.1, 0.15) is 35.5 Å². The number of aromatic nitrogens is 3. The Labute approximate surface area is 360 Å². The zero-order chi connectivity index (χ0) is 43.0. The van der Waals surface area contributed by atoms with Gasteiger partial charge in [0.05, 0.1) is 35.8 Å². The highest BCUT2D eigenvalue weighted by Crippen LogP contribution is 2.54. The molecule has 1 aliphatic carbocycles. The number of pyridine rings is 2. The number of H-pyrrole nitrogens is 1. The summed E-state index contributed by atoms with van der Waals surface area (Å²) in [6, 6.07) is 19.9. The monoisotopic (exact) mass is 865 g/mol. The van der Waals surface area contributed by atoms with Crippen molar-refractivity contribution in [3.63, 3.8) is 0 Å². The van der Waals surface area contributed by atoms with Crippen LogP contribution < -0.4 is 19.1 Å². The minimum absolute atomic E-state index is 0.0334. The second kappa shape index (κ2) is 17.3. The lowest BCUT2D eigenvalue weighted by Gasteiger charge is -2.56. The molecule has 3 aromatic heterocycles. The zero-order valence-electron chi connectivity index (χ0n) is 34.8. The maximum Gasteiger partial charge on any atom is 0.312 e. The largest absolute Gasteiger partial charge is 0.484 e. The van der Waals surface area contributed by atoms with Gasteiger partial charge in [-0.15, -0.1) is 0 Å². The Bertz CT molecular complexity index is 2560. The summed E-state index contributed by atoms with van der Waals surface area (Å²) >= 11 is 0. The number of carbonyl (C=O) groups is 1. The number of aromatic amines is 1. The first-order chi connectivity index (χ1) is 29.9. The van der Waals surface area contributed by atoms with Gasteiger partial charge in [0.15, 0.2) is 5.75 Å². The molecule has 6 heterocycles. The highest BCUT2D eigenvalue weighted by Gasteiger charge is 2.50. The first-order valence-corrected chi connectivity index (χ1v) is 22.8. The minimum atomic E-state index is -4.62.